The molecule has 140 valence electrons. The van der Waals surface area contributed by atoms with Gasteiger partial charge in [-0.25, -0.2) is 0 Å². The van der Waals surface area contributed by atoms with Crippen LogP contribution in [0.3, 0.4) is 0 Å². The highest BCUT2D eigenvalue weighted by atomic mass is 35.5. The van der Waals surface area contributed by atoms with Crippen LogP contribution in [0.4, 0.5) is 0 Å². The third-order valence-corrected chi connectivity index (χ3v) is 4.88. The summed E-state index contributed by atoms with van der Waals surface area (Å²) in [6, 6.07) is 8.01. The Bertz CT molecular complexity index is 509. The van der Waals surface area contributed by atoms with E-state index in [9.17, 15) is 0 Å². The summed E-state index contributed by atoms with van der Waals surface area (Å²) in [5, 5.41) is 7.55. The van der Waals surface area contributed by atoms with Crippen molar-refractivity contribution in [2.24, 2.45) is 4.99 Å². The van der Waals surface area contributed by atoms with Crippen LogP contribution < -0.4 is 10.6 Å². The van der Waals surface area contributed by atoms with Gasteiger partial charge in [0.1, 0.15) is 0 Å². The van der Waals surface area contributed by atoms with E-state index in [0.29, 0.717) is 0 Å². The maximum absolute atomic E-state index is 5.91. The van der Waals surface area contributed by atoms with Gasteiger partial charge >= 0.3 is 0 Å². The summed E-state index contributed by atoms with van der Waals surface area (Å²) in [5.41, 5.74) is 1.28. The minimum Gasteiger partial charge on any atom is -0.356 e. The fraction of sp³-hybridized carbons (Fsp3) is 0.632. The molecule has 1 aromatic rings. The predicted octanol–water partition coefficient (Wildman–Crippen LogP) is 2.08. The monoisotopic (exact) mass is 365 g/mol. The Hall–Kier alpha value is -1.30. The third-order valence-electron chi connectivity index (χ3n) is 4.63. The Labute approximate surface area is 157 Å². The van der Waals surface area contributed by atoms with Gasteiger partial charge in [0.25, 0.3) is 0 Å². The summed E-state index contributed by atoms with van der Waals surface area (Å²) in [5.74, 6) is 0.883. The van der Waals surface area contributed by atoms with Crippen molar-refractivity contribution >= 4 is 17.6 Å². The van der Waals surface area contributed by atoms with Crippen LogP contribution in [0.25, 0.3) is 0 Å². The number of rotatable bonds is 8. The second-order valence-electron chi connectivity index (χ2n) is 6.65. The molecule has 1 aliphatic heterocycles. The van der Waals surface area contributed by atoms with Crippen molar-refractivity contribution in [3.63, 3.8) is 0 Å². The smallest absolute Gasteiger partial charge is 0.190 e. The highest BCUT2D eigenvalue weighted by molar-refractivity contribution is 6.30. The standard InChI is InChI=1S/C19H32ClN5/c1-21-19(23-11-9-17-5-7-18(20)8-6-17)22-10-3-4-12-25-15-13-24(2)14-16-25/h5-8H,3-4,9-16H2,1-2H3,(H2,21,22,23). The van der Waals surface area contributed by atoms with Gasteiger partial charge in [-0.1, -0.05) is 23.7 Å². The van der Waals surface area contributed by atoms with E-state index in [1.807, 2.05) is 19.2 Å². The van der Waals surface area contributed by atoms with Crippen LogP contribution in [0, 0.1) is 0 Å². The lowest BCUT2D eigenvalue weighted by atomic mass is 10.1. The third kappa shape index (κ3) is 8.08. The number of piperazine rings is 1. The van der Waals surface area contributed by atoms with E-state index >= 15 is 0 Å². The molecule has 1 aliphatic rings. The molecule has 0 bridgehead atoms. The summed E-state index contributed by atoms with van der Waals surface area (Å²) >= 11 is 5.91. The number of unbranched alkanes of at least 4 members (excludes halogenated alkanes) is 1. The van der Waals surface area contributed by atoms with Crippen LogP contribution in [0.15, 0.2) is 29.3 Å². The highest BCUT2D eigenvalue weighted by Gasteiger charge is 2.12. The Morgan fingerprint density at radius 2 is 1.72 bits per heavy atom. The zero-order valence-corrected chi connectivity index (χ0v) is 16.4. The lowest BCUT2D eigenvalue weighted by Gasteiger charge is -2.32. The SMILES string of the molecule is CN=C(NCCCCN1CCN(C)CC1)NCCc1ccc(Cl)cc1. The molecule has 0 aromatic heterocycles. The van der Waals surface area contributed by atoms with Crippen LogP contribution in [-0.2, 0) is 6.42 Å². The molecule has 0 unspecified atom stereocenters. The van der Waals surface area contributed by atoms with Crippen LogP contribution in [0.1, 0.15) is 18.4 Å². The summed E-state index contributed by atoms with van der Waals surface area (Å²) in [7, 11) is 4.02. The first kappa shape index (κ1) is 20.0. The van der Waals surface area contributed by atoms with Crippen LogP contribution >= 0.6 is 11.6 Å². The number of guanidine groups is 1. The molecule has 0 saturated carbocycles. The van der Waals surface area contributed by atoms with E-state index in [-0.39, 0.29) is 0 Å². The van der Waals surface area contributed by atoms with Crippen molar-refractivity contribution in [2.45, 2.75) is 19.3 Å². The number of hydrogen-bond acceptors (Lipinski definition) is 3. The Morgan fingerprint density at radius 3 is 2.40 bits per heavy atom. The number of nitrogens with zero attached hydrogens (tertiary/aromatic N) is 3. The molecule has 1 fully saturated rings. The van der Waals surface area contributed by atoms with Crippen LogP contribution in [0.5, 0.6) is 0 Å². The molecule has 1 heterocycles. The Balaban J connectivity index is 1.52. The maximum atomic E-state index is 5.91. The van der Waals surface area contributed by atoms with Gasteiger partial charge < -0.3 is 20.4 Å². The minimum atomic E-state index is 0.783. The molecule has 1 aromatic carbocycles. The van der Waals surface area contributed by atoms with Crippen LogP contribution in [0.2, 0.25) is 5.02 Å². The second kappa shape index (κ2) is 11.3. The molecule has 0 spiro atoms. The fourth-order valence-electron chi connectivity index (χ4n) is 2.94. The van der Waals surface area contributed by atoms with Crippen LogP contribution in [-0.4, -0.2) is 75.7 Å². The Morgan fingerprint density at radius 1 is 1.04 bits per heavy atom. The van der Waals surface area contributed by atoms with Crippen molar-refractivity contribution in [2.75, 3.05) is 59.9 Å². The summed E-state index contributed by atoms with van der Waals surface area (Å²) in [6.07, 6.45) is 3.37. The molecule has 0 atom stereocenters. The first-order valence-electron chi connectivity index (χ1n) is 9.27. The summed E-state index contributed by atoms with van der Waals surface area (Å²) in [4.78, 5) is 9.26. The minimum absolute atomic E-state index is 0.783. The van der Waals surface area contributed by atoms with E-state index in [1.54, 1.807) is 0 Å². The van der Waals surface area contributed by atoms with E-state index in [0.717, 1.165) is 30.5 Å². The summed E-state index contributed by atoms with van der Waals surface area (Å²) < 4.78 is 0. The van der Waals surface area contributed by atoms with Crippen molar-refractivity contribution in [1.29, 1.82) is 0 Å². The lowest BCUT2D eigenvalue weighted by Crippen LogP contribution is -2.44. The molecule has 5 nitrogen and oxygen atoms in total. The molecule has 0 amide bonds. The predicted molar refractivity (Wildman–Crippen MR) is 108 cm³/mol. The average Bonchev–Trinajstić information content (AvgIpc) is 2.63. The van der Waals surface area contributed by atoms with Crippen molar-refractivity contribution in [1.82, 2.24) is 20.4 Å². The molecule has 2 N–H and O–H groups in total. The van der Waals surface area contributed by atoms with Gasteiger partial charge in [-0.3, -0.25) is 4.99 Å². The number of likely N-dealkylation sites (N-methyl/N-ethyl adjacent to an activating group) is 1. The maximum Gasteiger partial charge on any atom is 0.190 e. The molecule has 25 heavy (non-hydrogen) atoms. The normalized spacial score (nSPS) is 16.8. The zero-order valence-electron chi connectivity index (χ0n) is 15.6. The number of halogens is 1. The van der Waals surface area contributed by atoms with Gasteiger partial charge in [-0.05, 0) is 50.6 Å². The van der Waals surface area contributed by atoms with Crippen molar-refractivity contribution in [3.05, 3.63) is 34.9 Å². The van der Waals surface area contributed by atoms with Crippen molar-refractivity contribution in [3.8, 4) is 0 Å². The first-order chi connectivity index (χ1) is 12.2. The largest absolute Gasteiger partial charge is 0.356 e. The number of hydrogen-bond donors (Lipinski definition) is 2. The number of aliphatic imine (C=N–C) groups is 1. The van der Waals surface area contributed by atoms with E-state index < -0.39 is 0 Å². The molecular formula is C19H32ClN5. The molecular weight excluding hydrogens is 334 g/mol. The lowest BCUT2D eigenvalue weighted by molar-refractivity contribution is 0.152. The quantitative estimate of drug-likeness (QED) is 0.420. The first-order valence-corrected chi connectivity index (χ1v) is 9.65. The zero-order chi connectivity index (χ0) is 17.9. The number of benzene rings is 1. The fourth-order valence-corrected chi connectivity index (χ4v) is 3.06. The summed E-state index contributed by atoms with van der Waals surface area (Å²) in [6.45, 7) is 7.84. The van der Waals surface area contributed by atoms with Gasteiger partial charge in [0, 0.05) is 51.3 Å². The van der Waals surface area contributed by atoms with E-state index in [2.05, 4.69) is 44.6 Å². The molecule has 1 saturated heterocycles. The molecule has 6 heteroatoms. The molecule has 0 radical (unpaired) electrons. The second-order valence-corrected chi connectivity index (χ2v) is 7.09. The number of nitrogens with one attached hydrogen (secondary N) is 2. The van der Waals surface area contributed by atoms with E-state index in [4.69, 9.17) is 11.6 Å². The van der Waals surface area contributed by atoms with Crippen molar-refractivity contribution < 1.29 is 0 Å². The molecule has 0 aliphatic carbocycles. The van der Waals surface area contributed by atoms with E-state index in [1.165, 1.54) is 51.1 Å². The average molecular weight is 366 g/mol. The van der Waals surface area contributed by atoms with Gasteiger partial charge in [-0.2, -0.15) is 0 Å². The Kier molecular flexibility index (Phi) is 9.08. The van der Waals surface area contributed by atoms with Gasteiger partial charge in [0.05, 0.1) is 0 Å². The topological polar surface area (TPSA) is 42.9 Å². The van der Waals surface area contributed by atoms with Gasteiger partial charge in [0.2, 0.25) is 0 Å². The van der Waals surface area contributed by atoms with Gasteiger partial charge in [0.15, 0.2) is 5.96 Å². The molecule has 2 rings (SSSR count). The highest BCUT2D eigenvalue weighted by Crippen LogP contribution is 2.09. The van der Waals surface area contributed by atoms with Gasteiger partial charge in [-0.15, -0.1) is 0 Å².